The highest BCUT2D eigenvalue weighted by Crippen LogP contribution is 2.20. The molecule has 1 amide bonds. The molecule has 6 heteroatoms. The monoisotopic (exact) mass is 379 g/mol. The molecule has 6 nitrogen and oxygen atoms in total. The van der Waals surface area contributed by atoms with Crippen LogP contribution in [0.25, 0.3) is 11.4 Å². The lowest BCUT2D eigenvalue weighted by molar-refractivity contribution is -0.138. The minimum atomic E-state index is -0.564. The Morgan fingerprint density at radius 1 is 1.14 bits per heavy atom. The number of carbonyl (C=O) groups excluding carboxylic acids is 1. The van der Waals surface area contributed by atoms with E-state index in [-0.39, 0.29) is 12.5 Å². The third-order valence-corrected chi connectivity index (χ3v) is 4.54. The smallest absolute Gasteiger partial charge is 0.263 e. The fourth-order valence-corrected chi connectivity index (χ4v) is 2.82. The molecule has 0 fully saturated rings. The molecule has 1 heterocycles. The number of amides is 1. The lowest BCUT2D eigenvalue weighted by Crippen LogP contribution is -2.39. The van der Waals surface area contributed by atoms with Crippen LogP contribution in [0.1, 0.15) is 30.4 Å². The Kier molecular flexibility index (Phi) is 6.09. The lowest BCUT2D eigenvalue weighted by Gasteiger charge is -2.23. The fraction of sp³-hybridized carbons (Fsp3) is 0.318. The molecule has 0 saturated heterocycles. The molecular formula is C22H25N3O3. The minimum absolute atomic E-state index is 0.124. The number of hydrogen-bond acceptors (Lipinski definition) is 5. The van der Waals surface area contributed by atoms with Gasteiger partial charge >= 0.3 is 0 Å². The normalized spacial score (nSPS) is 11.9. The average molecular weight is 379 g/mol. The zero-order valence-electron chi connectivity index (χ0n) is 16.7. The first-order valence-electron chi connectivity index (χ1n) is 9.34. The van der Waals surface area contributed by atoms with Crippen molar-refractivity contribution in [2.75, 3.05) is 7.05 Å². The fourth-order valence-electron chi connectivity index (χ4n) is 2.82. The zero-order chi connectivity index (χ0) is 20.1. The highest BCUT2D eigenvalue weighted by Gasteiger charge is 2.24. The Morgan fingerprint density at radius 2 is 1.86 bits per heavy atom. The van der Waals surface area contributed by atoms with Crippen molar-refractivity contribution < 1.29 is 14.1 Å². The molecule has 0 saturated carbocycles. The van der Waals surface area contributed by atoms with Crippen LogP contribution in [-0.4, -0.2) is 34.1 Å². The van der Waals surface area contributed by atoms with E-state index in [4.69, 9.17) is 9.26 Å². The van der Waals surface area contributed by atoms with Crippen LogP contribution in [-0.2, 0) is 11.3 Å². The number of rotatable bonds is 7. The number of carbonyl (C=O) groups is 1. The van der Waals surface area contributed by atoms with Crippen LogP contribution in [0.15, 0.2) is 53.1 Å². The third kappa shape index (κ3) is 4.57. The summed E-state index contributed by atoms with van der Waals surface area (Å²) < 4.78 is 11.3. The van der Waals surface area contributed by atoms with Crippen molar-refractivity contribution in [2.24, 2.45) is 0 Å². The predicted molar refractivity (Wildman–Crippen MR) is 107 cm³/mol. The number of para-hydroxylation sites is 1. The van der Waals surface area contributed by atoms with Crippen molar-refractivity contribution in [1.82, 2.24) is 15.0 Å². The van der Waals surface area contributed by atoms with Gasteiger partial charge in [-0.15, -0.1) is 0 Å². The van der Waals surface area contributed by atoms with E-state index in [1.54, 1.807) is 11.9 Å². The summed E-state index contributed by atoms with van der Waals surface area (Å²) in [6.07, 6.45) is 0.00117. The maximum Gasteiger partial charge on any atom is 0.263 e. The predicted octanol–water partition coefficient (Wildman–Crippen LogP) is 4.17. The van der Waals surface area contributed by atoms with Gasteiger partial charge in [-0.2, -0.15) is 4.98 Å². The minimum Gasteiger partial charge on any atom is -0.480 e. The maximum absolute atomic E-state index is 12.8. The van der Waals surface area contributed by atoms with Gasteiger partial charge in [-0.05, 0) is 31.9 Å². The van der Waals surface area contributed by atoms with Crippen LogP contribution < -0.4 is 4.74 Å². The number of benzene rings is 2. The van der Waals surface area contributed by atoms with Crippen molar-refractivity contribution in [3.05, 3.63) is 65.5 Å². The largest absolute Gasteiger partial charge is 0.480 e. The highest BCUT2D eigenvalue weighted by atomic mass is 16.5. The summed E-state index contributed by atoms with van der Waals surface area (Å²) in [6, 6.07) is 15.6. The first kappa shape index (κ1) is 19.6. The first-order valence-corrected chi connectivity index (χ1v) is 9.34. The molecule has 28 heavy (non-hydrogen) atoms. The number of likely N-dealkylation sites (N-methyl/N-ethyl adjacent to an activating group) is 1. The Labute approximate surface area is 165 Å². The molecule has 0 spiro atoms. The summed E-state index contributed by atoms with van der Waals surface area (Å²) in [7, 11) is 1.71. The van der Waals surface area contributed by atoms with E-state index in [0.29, 0.717) is 18.1 Å². The SMILES string of the molecule is CCC(Oc1ccccc1C)C(=O)N(C)Cc1nc(-c2ccc(C)cc2)no1. The van der Waals surface area contributed by atoms with E-state index >= 15 is 0 Å². The van der Waals surface area contributed by atoms with E-state index in [0.717, 1.165) is 22.4 Å². The summed E-state index contributed by atoms with van der Waals surface area (Å²) in [5.41, 5.74) is 3.04. The topological polar surface area (TPSA) is 68.5 Å². The second-order valence-electron chi connectivity index (χ2n) is 6.85. The van der Waals surface area contributed by atoms with Gasteiger partial charge in [0.2, 0.25) is 11.7 Å². The maximum atomic E-state index is 12.8. The van der Waals surface area contributed by atoms with Crippen LogP contribution in [0.3, 0.4) is 0 Å². The quantitative estimate of drug-likeness (QED) is 0.616. The van der Waals surface area contributed by atoms with Gasteiger partial charge in [-0.1, -0.05) is 60.1 Å². The van der Waals surface area contributed by atoms with Gasteiger partial charge < -0.3 is 14.2 Å². The van der Waals surface area contributed by atoms with E-state index < -0.39 is 6.10 Å². The third-order valence-electron chi connectivity index (χ3n) is 4.54. The molecule has 0 aliphatic heterocycles. The van der Waals surface area contributed by atoms with Crippen LogP contribution in [0.5, 0.6) is 5.75 Å². The van der Waals surface area contributed by atoms with Gasteiger partial charge in [0, 0.05) is 12.6 Å². The van der Waals surface area contributed by atoms with Crippen molar-refractivity contribution in [3.8, 4) is 17.1 Å². The van der Waals surface area contributed by atoms with Gasteiger partial charge in [0.05, 0.1) is 6.54 Å². The lowest BCUT2D eigenvalue weighted by atomic mass is 10.1. The van der Waals surface area contributed by atoms with Gasteiger partial charge in [-0.25, -0.2) is 0 Å². The molecule has 0 bridgehead atoms. The molecule has 3 aromatic rings. The Bertz CT molecular complexity index is 934. The second kappa shape index (κ2) is 8.69. The van der Waals surface area contributed by atoms with Gasteiger partial charge in [-0.3, -0.25) is 4.79 Å². The standard InChI is InChI=1S/C22H25N3O3/c1-5-18(27-19-9-7-6-8-16(19)3)22(26)25(4)14-20-23-21(24-28-20)17-12-10-15(2)11-13-17/h6-13,18H,5,14H2,1-4H3. The summed E-state index contributed by atoms with van der Waals surface area (Å²) in [4.78, 5) is 18.8. The van der Waals surface area contributed by atoms with E-state index in [2.05, 4.69) is 10.1 Å². The molecular weight excluding hydrogens is 354 g/mol. The molecule has 0 aliphatic carbocycles. The number of aryl methyl sites for hydroxylation is 2. The summed E-state index contributed by atoms with van der Waals surface area (Å²) >= 11 is 0. The van der Waals surface area contributed by atoms with Crippen LogP contribution >= 0.6 is 0 Å². The van der Waals surface area contributed by atoms with Crippen LogP contribution in [0.2, 0.25) is 0 Å². The number of hydrogen-bond donors (Lipinski definition) is 0. The molecule has 0 N–H and O–H groups in total. The summed E-state index contributed by atoms with van der Waals surface area (Å²) in [5, 5.41) is 4.02. The van der Waals surface area contributed by atoms with Crippen LogP contribution in [0, 0.1) is 13.8 Å². The number of aromatic nitrogens is 2. The van der Waals surface area contributed by atoms with E-state index in [1.807, 2.05) is 69.3 Å². The molecule has 0 aliphatic rings. The van der Waals surface area contributed by atoms with Crippen LogP contribution in [0.4, 0.5) is 0 Å². The van der Waals surface area contributed by atoms with Crippen molar-refractivity contribution in [1.29, 1.82) is 0 Å². The molecule has 3 rings (SSSR count). The first-order chi connectivity index (χ1) is 13.5. The van der Waals surface area contributed by atoms with Crippen molar-refractivity contribution >= 4 is 5.91 Å². The van der Waals surface area contributed by atoms with Crippen molar-refractivity contribution in [3.63, 3.8) is 0 Å². The molecule has 1 atom stereocenters. The number of ether oxygens (including phenoxy) is 1. The molecule has 1 aromatic heterocycles. The zero-order valence-corrected chi connectivity index (χ0v) is 16.7. The number of nitrogens with zero attached hydrogens (tertiary/aromatic N) is 3. The summed E-state index contributed by atoms with van der Waals surface area (Å²) in [5.74, 6) is 1.49. The molecule has 146 valence electrons. The molecule has 2 aromatic carbocycles. The molecule has 1 unspecified atom stereocenters. The Balaban J connectivity index is 1.66. The van der Waals surface area contributed by atoms with Gasteiger partial charge in [0.25, 0.3) is 5.91 Å². The Hall–Kier alpha value is -3.15. The van der Waals surface area contributed by atoms with Gasteiger partial charge in [0.15, 0.2) is 6.10 Å². The van der Waals surface area contributed by atoms with Gasteiger partial charge in [0.1, 0.15) is 5.75 Å². The second-order valence-corrected chi connectivity index (χ2v) is 6.85. The Morgan fingerprint density at radius 3 is 2.54 bits per heavy atom. The average Bonchev–Trinajstić information content (AvgIpc) is 3.16. The van der Waals surface area contributed by atoms with Crippen molar-refractivity contribution in [2.45, 2.75) is 39.8 Å². The van der Waals surface area contributed by atoms with E-state index in [9.17, 15) is 4.79 Å². The highest BCUT2D eigenvalue weighted by molar-refractivity contribution is 5.81. The molecule has 0 radical (unpaired) electrons. The van der Waals surface area contributed by atoms with E-state index in [1.165, 1.54) is 0 Å². The summed E-state index contributed by atoms with van der Waals surface area (Å²) in [6.45, 7) is 6.14.